The fourth-order valence-corrected chi connectivity index (χ4v) is 3.36. The number of para-hydroxylation sites is 2. The van der Waals surface area contributed by atoms with Crippen molar-refractivity contribution < 1.29 is 5.11 Å². The second-order valence-electron chi connectivity index (χ2n) is 5.94. The van der Waals surface area contributed by atoms with Crippen LogP contribution in [0.3, 0.4) is 0 Å². The highest BCUT2D eigenvalue weighted by atomic mass is 16.3. The van der Waals surface area contributed by atoms with E-state index in [-0.39, 0.29) is 6.61 Å². The lowest BCUT2D eigenvalue weighted by atomic mass is 9.75. The first-order chi connectivity index (χ1) is 12.2. The van der Waals surface area contributed by atoms with Crippen molar-refractivity contribution in [1.82, 2.24) is 5.32 Å². The van der Waals surface area contributed by atoms with Crippen molar-refractivity contribution in [2.45, 2.75) is 5.54 Å². The van der Waals surface area contributed by atoms with E-state index in [2.05, 4.69) is 5.32 Å². The van der Waals surface area contributed by atoms with Crippen molar-refractivity contribution in [1.29, 1.82) is 0 Å². The first-order valence-electron chi connectivity index (χ1n) is 8.31. The lowest BCUT2D eigenvalue weighted by molar-refractivity contribution is 0.278. The monoisotopic (exact) mass is 333 g/mol. The number of benzene rings is 3. The Bertz CT molecular complexity index is 788. The third-order valence-electron chi connectivity index (χ3n) is 4.44. The summed E-state index contributed by atoms with van der Waals surface area (Å²) in [6.07, 6.45) is 0. The molecular formula is C21H23N3O. The molecule has 3 aromatic carbocycles. The summed E-state index contributed by atoms with van der Waals surface area (Å²) in [7, 11) is 0. The zero-order valence-corrected chi connectivity index (χ0v) is 14.0. The number of nitrogens with two attached hydrogens (primary N) is 2. The number of rotatable bonds is 6. The standard InChI is InChI=1S/C21H23N3O/c22-19-12-6-4-10-17(19)21(24-14-15-25,16-8-2-1-3-9-16)18-11-5-7-13-20(18)23/h1-13,24-25H,14-15,22-23H2. The van der Waals surface area contributed by atoms with Crippen molar-refractivity contribution in [3.8, 4) is 0 Å². The topological polar surface area (TPSA) is 84.3 Å². The van der Waals surface area contributed by atoms with Crippen LogP contribution in [0, 0.1) is 0 Å². The minimum atomic E-state index is -0.749. The van der Waals surface area contributed by atoms with Gasteiger partial charge in [-0.3, -0.25) is 5.32 Å². The van der Waals surface area contributed by atoms with Crippen LogP contribution >= 0.6 is 0 Å². The van der Waals surface area contributed by atoms with Crippen molar-refractivity contribution in [2.24, 2.45) is 0 Å². The van der Waals surface area contributed by atoms with Gasteiger partial charge in [0.05, 0.1) is 12.1 Å². The van der Waals surface area contributed by atoms with Gasteiger partial charge in [0.2, 0.25) is 0 Å². The number of hydrogen-bond acceptors (Lipinski definition) is 4. The minimum absolute atomic E-state index is 0.00800. The number of nitrogen functional groups attached to an aromatic ring is 2. The fourth-order valence-electron chi connectivity index (χ4n) is 3.36. The number of aliphatic hydroxyl groups excluding tert-OH is 1. The van der Waals surface area contributed by atoms with E-state index in [1.54, 1.807) is 0 Å². The van der Waals surface area contributed by atoms with Gasteiger partial charge >= 0.3 is 0 Å². The van der Waals surface area contributed by atoms with Gasteiger partial charge in [-0.1, -0.05) is 66.7 Å². The van der Waals surface area contributed by atoms with Gasteiger partial charge in [0.15, 0.2) is 0 Å². The van der Waals surface area contributed by atoms with Crippen molar-refractivity contribution >= 4 is 11.4 Å². The molecule has 4 heteroatoms. The van der Waals surface area contributed by atoms with Crippen LogP contribution in [0.4, 0.5) is 11.4 Å². The molecule has 25 heavy (non-hydrogen) atoms. The highest BCUT2D eigenvalue weighted by Crippen LogP contribution is 2.41. The van der Waals surface area contributed by atoms with E-state index in [9.17, 15) is 5.11 Å². The lowest BCUT2D eigenvalue weighted by Gasteiger charge is -2.38. The second-order valence-corrected chi connectivity index (χ2v) is 5.94. The summed E-state index contributed by atoms with van der Waals surface area (Å²) in [5.41, 5.74) is 16.1. The molecule has 0 bridgehead atoms. The molecule has 0 unspecified atom stereocenters. The smallest absolute Gasteiger partial charge is 0.0988 e. The Labute approximate surface area is 148 Å². The van der Waals surface area contributed by atoms with Gasteiger partial charge < -0.3 is 16.6 Å². The third kappa shape index (κ3) is 3.09. The number of aliphatic hydroxyl groups is 1. The molecule has 0 radical (unpaired) electrons. The quantitative estimate of drug-likeness (QED) is 0.413. The summed E-state index contributed by atoms with van der Waals surface area (Å²) < 4.78 is 0. The van der Waals surface area contributed by atoms with Crippen molar-refractivity contribution in [3.05, 3.63) is 95.6 Å². The Kier molecular flexibility index (Phi) is 5.03. The Morgan fingerprint density at radius 1 is 0.720 bits per heavy atom. The molecule has 0 amide bonds. The van der Waals surface area contributed by atoms with Gasteiger partial charge in [0.25, 0.3) is 0 Å². The predicted octanol–water partition coefficient (Wildman–Crippen LogP) is 2.72. The fraction of sp³-hybridized carbons (Fsp3) is 0.143. The van der Waals surface area contributed by atoms with Crippen LogP contribution in [0.15, 0.2) is 78.9 Å². The molecule has 128 valence electrons. The maximum Gasteiger partial charge on any atom is 0.0988 e. The molecule has 0 saturated heterocycles. The van der Waals surface area contributed by atoms with Gasteiger partial charge in [-0.2, -0.15) is 0 Å². The molecule has 0 fully saturated rings. The van der Waals surface area contributed by atoms with Gasteiger partial charge in [-0.15, -0.1) is 0 Å². The Balaban J connectivity index is 2.36. The highest BCUT2D eigenvalue weighted by molar-refractivity contribution is 5.65. The van der Waals surface area contributed by atoms with Crippen molar-refractivity contribution in [2.75, 3.05) is 24.6 Å². The number of anilines is 2. The zero-order valence-electron chi connectivity index (χ0n) is 14.0. The van der Waals surface area contributed by atoms with Crippen molar-refractivity contribution in [3.63, 3.8) is 0 Å². The summed E-state index contributed by atoms with van der Waals surface area (Å²) >= 11 is 0. The molecule has 0 atom stereocenters. The maximum atomic E-state index is 9.48. The van der Waals surface area contributed by atoms with E-state index in [1.807, 2.05) is 78.9 Å². The van der Waals surface area contributed by atoms with E-state index in [4.69, 9.17) is 11.5 Å². The van der Waals surface area contributed by atoms with Crippen LogP contribution in [0.25, 0.3) is 0 Å². The number of nitrogens with one attached hydrogen (secondary N) is 1. The molecule has 3 aromatic rings. The van der Waals surface area contributed by atoms with E-state index in [0.717, 1.165) is 16.7 Å². The van der Waals surface area contributed by atoms with E-state index >= 15 is 0 Å². The molecule has 6 N–H and O–H groups in total. The summed E-state index contributed by atoms with van der Waals surface area (Å²) in [5.74, 6) is 0. The molecule has 0 heterocycles. The number of hydrogen-bond donors (Lipinski definition) is 4. The van der Waals surface area contributed by atoms with Crippen LogP contribution in [-0.4, -0.2) is 18.3 Å². The Hall–Kier alpha value is -2.82. The SMILES string of the molecule is Nc1ccccc1C(NCCO)(c1ccccc1)c1ccccc1N. The summed E-state index contributed by atoms with van der Waals surface area (Å²) in [6, 6.07) is 25.6. The Morgan fingerprint density at radius 3 is 1.68 bits per heavy atom. The molecule has 0 aliphatic rings. The second kappa shape index (κ2) is 7.38. The molecule has 0 spiro atoms. The van der Waals surface area contributed by atoms with E-state index in [0.29, 0.717) is 17.9 Å². The van der Waals surface area contributed by atoms with E-state index < -0.39 is 5.54 Å². The highest BCUT2D eigenvalue weighted by Gasteiger charge is 2.38. The van der Waals surface area contributed by atoms with Crippen LogP contribution in [0.5, 0.6) is 0 Å². The third-order valence-corrected chi connectivity index (χ3v) is 4.44. The van der Waals surface area contributed by atoms with Gasteiger partial charge in [-0.05, 0) is 17.7 Å². The molecule has 0 aliphatic carbocycles. The molecule has 0 aliphatic heterocycles. The predicted molar refractivity (Wildman–Crippen MR) is 103 cm³/mol. The average Bonchev–Trinajstić information content (AvgIpc) is 2.65. The van der Waals surface area contributed by atoms with E-state index in [1.165, 1.54) is 0 Å². The first kappa shape index (κ1) is 17.0. The first-order valence-corrected chi connectivity index (χ1v) is 8.31. The summed E-state index contributed by atoms with van der Waals surface area (Å²) in [6.45, 7) is 0.408. The van der Waals surface area contributed by atoms with Crippen LogP contribution in [0.1, 0.15) is 16.7 Å². The minimum Gasteiger partial charge on any atom is -0.398 e. The largest absolute Gasteiger partial charge is 0.398 e. The maximum absolute atomic E-state index is 9.48. The van der Waals surface area contributed by atoms with Crippen LogP contribution < -0.4 is 16.8 Å². The Morgan fingerprint density at radius 2 is 1.20 bits per heavy atom. The molecule has 4 nitrogen and oxygen atoms in total. The molecule has 3 rings (SSSR count). The van der Waals surface area contributed by atoms with Gasteiger partial charge in [0.1, 0.15) is 0 Å². The lowest BCUT2D eigenvalue weighted by Crippen LogP contribution is -2.46. The van der Waals surface area contributed by atoms with Gasteiger partial charge in [-0.25, -0.2) is 0 Å². The van der Waals surface area contributed by atoms with Crippen LogP contribution in [0.2, 0.25) is 0 Å². The summed E-state index contributed by atoms with van der Waals surface area (Å²) in [5, 5.41) is 13.0. The molecule has 0 saturated carbocycles. The zero-order chi connectivity index (χ0) is 17.7. The van der Waals surface area contributed by atoms with Gasteiger partial charge in [0, 0.05) is 29.0 Å². The molecular weight excluding hydrogens is 310 g/mol. The molecule has 0 aromatic heterocycles. The summed E-state index contributed by atoms with van der Waals surface area (Å²) in [4.78, 5) is 0. The van der Waals surface area contributed by atoms with Crippen LogP contribution in [-0.2, 0) is 5.54 Å². The average molecular weight is 333 g/mol. The normalized spacial score (nSPS) is 11.4.